The largest absolute Gasteiger partial charge is 0.490 e. The van der Waals surface area contributed by atoms with E-state index in [1.165, 1.54) is 39.3 Å². The predicted octanol–water partition coefficient (Wildman–Crippen LogP) is 5.04. The highest BCUT2D eigenvalue weighted by Gasteiger charge is 2.35. The monoisotopic (exact) mass is 1040 g/mol. The zero-order chi connectivity index (χ0) is 54.3. The minimum atomic E-state index is -1.56. The minimum Gasteiger partial charge on any atom is -0.490 e. The van der Waals surface area contributed by atoms with Gasteiger partial charge in [-0.1, -0.05) is 43.9 Å². The first-order valence-electron chi connectivity index (χ1n) is 23.9. The summed E-state index contributed by atoms with van der Waals surface area (Å²) in [5, 5.41) is 33.6. The van der Waals surface area contributed by atoms with Crippen LogP contribution in [0, 0.1) is 0 Å². The number of hydrogen-bond donors (Lipinski definition) is 6. The standard InChI is InChI=1S/C51H73N5O16Si/c1-31-44(59)55-39(47(62)65-9)23-32-18-19-40(67-28-35(57)26-52-48(63)70-50(2,3)4)37(22-32)38-24-34(42(45(60)54-31)56(8)72-46(61)33-16-14-13-15-17-33)25-41(43(38)69-30-66-20-21-73(10,11)12)68-29-36(58)27-53-49(64)71-51(5,6)7/h13-19,22,24-25,31,35-36,39,42,57-58H,20-21,23,26-30H2,1-12H3,(H,52,63)(H,53,64)(H,54,60)(H,55,59)/t31-,35+,36+,39-,42-/m0/s1. The van der Waals surface area contributed by atoms with Crippen molar-refractivity contribution in [3.05, 3.63) is 77.4 Å². The second-order valence-corrected chi connectivity index (χ2v) is 26.2. The average Bonchev–Trinajstić information content (AvgIpc) is 3.29. The molecule has 22 heteroatoms. The molecule has 3 aromatic carbocycles. The SMILES string of the molecule is COC(=O)[C@@H]1Cc2ccc(OC[C@H](O)CNC(=O)OC(C)(C)C)c(c2)-c2cc(cc(OC[C@H](O)CNC(=O)OC(C)(C)C)c2OCOCC[Si](C)(C)C)[C@H](N(C)OC(=O)c2ccccc2)C(=O)N[C@@H](C)C(=O)N1. The molecule has 5 atom stereocenters. The fraction of sp³-hybridized carbons (Fsp3) is 0.529. The number of fused-ring (bicyclic) bond motifs is 5. The average molecular weight is 1040 g/mol. The lowest BCUT2D eigenvalue weighted by molar-refractivity contribution is -0.152. The Hall–Kier alpha value is -6.46. The number of aliphatic hydroxyl groups excluding tert-OH is 2. The van der Waals surface area contributed by atoms with Gasteiger partial charge in [0.1, 0.15) is 60.5 Å². The summed E-state index contributed by atoms with van der Waals surface area (Å²) in [5.74, 6) is -3.12. The van der Waals surface area contributed by atoms with Gasteiger partial charge < -0.3 is 69.5 Å². The number of aliphatic hydroxyl groups is 2. The zero-order valence-electron chi connectivity index (χ0n) is 43.9. The van der Waals surface area contributed by atoms with Crippen molar-refractivity contribution in [3.8, 4) is 28.4 Å². The first-order chi connectivity index (χ1) is 34.1. The van der Waals surface area contributed by atoms with Crippen LogP contribution < -0.4 is 35.5 Å². The van der Waals surface area contributed by atoms with E-state index in [0.29, 0.717) is 12.2 Å². The maximum absolute atomic E-state index is 14.7. The Morgan fingerprint density at radius 3 is 1.93 bits per heavy atom. The van der Waals surface area contributed by atoms with E-state index in [9.17, 15) is 39.0 Å². The highest BCUT2D eigenvalue weighted by Crippen LogP contribution is 2.46. The molecule has 0 radical (unpaired) electrons. The third kappa shape index (κ3) is 19.8. The van der Waals surface area contributed by atoms with Crippen LogP contribution in [0.25, 0.3) is 11.1 Å². The van der Waals surface area contributed by atoms with E-state index in [-0.39, 0.29) is 72.4 Å². The van der Waals surface area contributed by atoms with E-state index in [1.807, 2.05) is 0 Å². The summed E-state index contributed by atoms with van der Waals surface area (Å²) in [6.07, 6.45) is -4.25. The molecule has 0 saturated carbocycles. The van der Waals surface area contributed by atoms with Crippen LogP contribution >= 0.6 is 0 Å². The molecule has 1 heterocycles. The highest BCUT2D eigenvalue weighted by atomic mass is 28.3. The lowest BCUT2D eigenvalue weighted by Gasteiger charge is -2.30. The molecule has 4 bridgehead atoms. The third-order valence-electron chi connectivity index (χ3n) is 10.5. The fourth-order valence-electron chi connectivity index (χ4n) is 6.90. The van der Waals surface area contributed by atoms with Crippen molar-refractivity contribution >= 4 is 44.0 Å². The van der Waals surface area contributed by atoms with Crippen molar-refractivity contribution in [1.82, 2.24) is 26.3 Å². The summed E-state index contributed by atoms with van der Waals surface area (Å²) < 4.78 is 40.8. The number of ether oxygens (including phenoxy) is 7. The maximum Gasteiger partial charge on any atom is 0.407 e. The molecule has 0 spiro atoms. The van der Waals surface area contributed by atoms with Gasteiger partial charge in [-0.15, -0.1) is 5.06 Å². The molecule has 1 aliphatic heterocycles. The Bertz CT molecular complexity index is 2370. The molecule has 1 aliphatic rings. The molecule has 4 rings (SSSR count). The van der Waals surface area contributed by atoms with Crippen LogP contribution in [0.1, 0.15) is 76.0 Å². The number of alkyl carbamates (subject to hydrolysis) is 2. The zero-order valence-corrected chi connectivity index (χ0v) is 44.9. The molecule has 0 aromatic heterocycles. The number of likely N-dealkylation sites (N-methyl/N-ethyl adjacent to an activating group) is 1. The van der Waals surface area contributed by atoms with Crippen LogP contribution in [-0.2, 0) is 44.6 Å². The Morgan fingerprint density at radius 1 is 0.781 bits per heavy atom. The molecule has 21 nitrogen and oxygen atoms in total. The van der Waals surface area contributed by atoms with Gasteiger partial charge in [0.25, 0.3) is 0 Å². The van der Waals surface area contributed by atoms with Crippen LogP contribution in [0.4, 0.5) is 9.59 Å². The second kappa shape index (κ2) is 26.5. The molecule has 73 heavy (non-hydrogen) atoms. The van der Waals surface area contributed by atoms with E-state index in [2.05, 4.69) is 40.9 Å². The molecular weight excluding hydrogens is 967 g/mol. The van der Waals surface area contributed by atoms with Crippen LogP contribution in [0.3, 0.4) is 0 Å². The van der Waals surface area contributed by atoms with Crippen molar-refractivity contribution < 1.29 is 77.0 Å². The maximum atomic E-state index is 14.7. The van der Waals surface area contributed by atoms with Crippen LogP contribution in [-0.4, -0.2) is 149 Å². The highest BCUT2D eigenvalue weighted by molar-refractivity contribution is 6.76. The van der Waals surface area contributed by atoms with E-state index >= 15 is 0 Å². The fourth-order valence-corrected chi connectivity index (χ4v) is 7.66. The summed E-state index contributed by atoms with van der Waals surface area (Å²) in [4.78, 5) is 86.2. The Balaban J connectivity index is 1.99. The summed E-state index contributed by atoms with van der Waals surface area (Å²) >= 11 is 0. The van der Waals surface area contributed by atoms with E-state index < -0.39 is 92.2 Å². The van der Waals surface area contributed by atoms with Crippen LogP contribution in [0.5, 0.6) is 17.2 Å². The van der Waals surface area contributed by atoms with Crippen molar-refractivity contribution in [3.63, 3.8) is 0 Å². The van der Waals surface area contributed by atoms with Gasteiger partial charge in [-0.2, -0.15) is 0 Å². The number of carbonyl (C=O) groups excluding carboxylic acids is 6. The van der Waals surface area contributed by atoms with Gasteiger partial charge in [0, 0.05) is 39.3 Å². The van der Waals surface area contributed by atoms with E-state index in [4.69, 9.17) is 38.0 Å². The molecule has 0 fully saturated rings. The number of methoxy groups -OCH3 is 1. The third-order valence-corrected chi connectivity index (χ3v) is 12.2. The smallest absolute Gasteiger partial charge is 0.407 e. The van der Waals surface area contributed by atoms with E-state index in [1.54, 1.807) is 84.0 Å². The van der Waals surface area contributed by atoms with Gasteiger partial charge in [-0.25, -0.2) is 19.2 Å². The van der Waals surface area contributed by atoms with Crippen LogP contribution in [0.15, 0.2) is 60.7 Å². The van der Waals surface area contributed by atoms with Crippen molar-refractivity contribution in [2.45, 2.75) is 122 Å². The summed E-state index contributed by atoms with van der Waals surface area (Å²) in [6, 6.07) is 12.6. The van der Waals surface area contributed by atoms with Crippen molar-refractivity contribution in [2.24, 2.45) is 0 Å². The molecule has 3 aromatic rings. The number of rotatable bonds is 20. The number of nitrogens with one attached hydrogen (secondary N) is 4. The van der Waals surface area contributed by atoms with Gasteiger partial charge in [0.05, 0.1) is 25.8 Å². The molecule has 0 saturated heterocycles. The topological polar surface area (TPSA) is 268 Å². The Labute approximate surface area is 427 Å². The number of nitrogens with zero attached hydrogens (tertiary/aromatic N) is 1. The summed E-state index contributed by atoms with van der Waals surface area (Å²) in [7, 11) is 0.953. The second-order valence-electron chi connectivity index (χ2n) is 20.6. The molecule has 6 N–H and O–H groups in total. The first-order valence-corrected chi connectivity index (χ1v) is 27.6. The predicted molar refractivity (Wildman–Crippen MR) is 271 cm³/mol. The van der Waals surface area contributed by atoms with Gasteiger partial charge >= 0.3 is 24.1 Å². The number of hydroxylamine groups is 2. The molecule has 402 valence electrons. The molecule has 4 amide bonds. The number of esters is 1. The van der Waals surface area contributed by atoms with Gasteiger partial charge in [-0.3, -0.25) is 9.59 Å². The first kappa shape index (κ1) is 59.1. The normalized spacial score (nSPS) is 17.1. The Morgan fingerprint density at radius 2 is 1.37 bits per heavy atom. The number of amides is 4. The summed E-state index contributed by atoms with van der Waals surface area (Å²) in [5.41, 5.74) is -0.442. The van der Waals surface area contributed by atoms with Crippen LogP contribution in [0.2, 0.25) is 25.7 Å². The molecular formula is C51H73N5O16Si. The number of hydrogen-bond acceptors (Lipinski definition) is 17. The quantitative estimate of drug-likeness (QED) is 0.0216. The minimum absolute atomic E-state index is 0.0135. The van der Waals surface area contributed by atoms with Gasteiger partial charge in [0.15, 0.2) is 18.3 Å². The molecule has 0 aliphatic carbocycles. The van der Waals surface area contributed by atoms with Gasteiger partial charge in [0.2, 0.25) is 11.8 Å². The molecule has 0 unspecified atom stereocenters. The number of carbonyl (C=O) groups is 6. The summed E-state index contributed by atoms with van der Waals surface area (Å²) in [6.45, 7) is 16.8. The lowest BCUT2D eigenvalue weighted by Crippen LogP contribution is -2.53. The van der Waals surface area contributed by atoms with E-state index in [0.717, 1.165) is 11.1 Å². The van der Waals surface area contributed by atoms with Crippen molar-refractivity contribution in [2.75, 3.05) is 53.9 Å². The lowest BCUT2D eigenvalue weighted by atomic mass is 9.93. The van der Waals surface area contributed by atoms with Crippen molar-refractivity contribution in [1.29, 1.82) is 0 Å². The number of benzene rings is 3. The Kier molecular flexibility index (Phi) is 21.4. The van der Waals surface area contributed by atoms with Gasteiger partial charge in [-0.05, 0) is 102 Å².